The van der Waals surface area contributed by atoms with E-state index in [-0.39, 0.29) is 23.6 Å². The van der Waals surface area contributed by atoms with Crippen LogP contribution in [-0.4, -0.2) is 66.4 Å². The van der Waals surface area contributed by atoms with Crippen LogP contribution in [-0.2, 0) is 36.7 Å². The number of piperazine rings is 1. The van der Waals surface area contributed by atoms with Crippen molar-refractivity contribution in [3.8, 4) is 5.75 Å². The van der Waals surface area contributed by atoms with Gasteiger partial charge in [0.05, 0.1) is 19.2 Å². The molecule has 10 heteroatoms. The van der Waals surface area contributed by atoms with Crippen LogP contribution >= 0.6 is 0 Å². The van der Waals surface area contributed by atoms with Gasteiger partial charge in [0.25, 0.3) is 5.56 Å². The Hall–Kier alpha value is -4.05. The van der Waals surface area contributed by atoms with Gasteiger partial charge >= 0.3 is 11.7 Å². The van der Waals surface area contributed by atoms with E-state index in [1.54, 1.807) is 17.7 Å². The highest BCUT2D eigenvalue weighted by Crippen LogP contribution is 2.40. The van der Waals surface area contributed by atoms with Crippen molar-refractivity contribution in [1.29, 1.82) is 0 Å². The summed E-state index contributed by atoms with van der Waals surface area (Å²) in [5, 5.41) is 0. The topological polar surface area (TPSA) is 89.3 Å². The molecule has 1 saturated heterocycles. The van der Waals surface area contributed by atoms with E-state index in [0.29, 0.717) is 12.4 Å². The van der Waals surface area contributed by atoms with Gasteiger partial charge in [-0.1, -0.05) is 24.3 Å². The number of fused-ring (bicyclic) bond motifs is 2. The number of esters is 1. The molecule has 206 valence electrons. The summed E-state index contributed by atoms with van der Waals surface area (Å²) >= 11 is 0. The highest BCUT2D eigenvalue weighted by molar-refractivity contribution is 5.76. The molecule has 0 radical (unpaired) electrons. The summed E-state index contributed by atoms with van der Waals surface area (Å²) in [7, 11) is 4.61. The second-order valence-electron chi connectivity index (χ2n) is 10.0. The lowest BCUT2D eigenvalue weighted by molar-refractivity contribution is -0.139. The van der Waals surface area contributed by atoms with Crippen LogP contribution in [0.1, 0.15) is 17.5 Å². The van der Waals surface area contributed by atoms with Crippen LogP contribution in [0, 0.1) is 0 Å². The fraction of sp³-hybridized carbons (Fsp3) is 0.414. The fourth-order valence-corrected chi connectivity index (χ4v) is 5.34. The van der Waals surface area contributed by atoms with Crippen molar-refractivity contribution in [1.82, 2.24) is 14.0 Å². The minimum Gasteiger partial charge on any atom is -0.487 e. The molecule has 3 heterocycles. The molecule has 2 aromatic carbocycles. The third-order valence-corrected chi connectivity index (χ3v) is 7.61. The smallest absolute Gasteiger partial charge is 0.332 e. The summed E-state index contributed by atoms with van der Waals surface area (Å²) in [6.45, 7) is 5.40. The van der Waals surface area contributed by atoms with Crippen LogP contribution in [0.3, 0.4) is 0 Å². The second kappa shape index (κ2) is 11.4. The quantitative estimate of drug-likeness (QED) is 0.427. The first kappa shape index (κ1) is 26.6. The minimum absolute atomic E-state index is 0.211. The van der Waals surface area contributed by atoms with Crippen LogP contribution in [0.15, 0.2) is 58.1 Å². The molecule has 2 aliphatic heterocycles. The summed E-state index contributed by atoms with van der Waals surface area (Å²) in [4.78, 5) is 43.3. The van der Waals surface area contributed by atoms with Gasteiger partial charge in [-0.25, -0.2) is 4.79 Å². The van der Waals surface area contributed by atoms with E-state index in [4.69, 9.17) is 9.47 Å². The summed E-state index contributed by atoms with van der Waals surface area (Å²) < 4.78 is 13.7. The monoisotopic (exact) mass is 533 g/mol. The first-order chi connectivity index (χ1) is 18.9. The first-order valence-electron chi connectivity index (χ1n) is 13.3. The molecule has 2 aliphatic rings. The average molecular weight is 534 g/mol. The SMILES string of the molecule is COC(=O)Cc1ccc2c(c1)N(CCCN1CCN(c3cc(=O)n(C)c(=O)n3C)CC1)c1ccccc1CO2. The van der Waals surface area contributed by atoms with Crippen molar-refractivity contribution in [2.24, 2.45) is 14.1 Å². The molecule has 0 spiro atoms. The lowest BCUT2D eigenvalue weighted by atomic mass is 10.1. The number of para-hydroxylation sites is 1. The van der Waals surface area contributed by atoms with Gasteiger partial charge in [-0.05, 0) is 36.7 Å². The molecule has 1 aromatic heterocycles. The van der Waals surface area contributed by atoms with E-state index in [9.17, 15) is 14.4 Å². The van der Waals surface area contributed by atoms with Crippen LogP contribution in [0.25, 0.3) is 0 Å². The number of aromatic nitrogens is 2. The van der Waals surface area contributed by atoms with Crippen molar-refractivity contribution < 1.29 is 14.3 Å². The number of benzene rings is 2. The molecule has 0 saturated carbocycles. The Labute approximate surface area is 227 Å². The standard InChI is InChI=1S/C29H35N5O5/c1-30-26(19-27(35)31(2)29(30)37)33-15-13-32(14-16-33)11-6-12-34-23-8-5-4-7-22(23)20-39-25-10-9-21(17-24(25)34)18-28(36)38-3/h4-5,7-10,17,19H,6,11-16,18,20H2,1-3H3. The van der Waals surface area contributed by atoms with Crippen molar-refractivity contribution in [3.63, 3.8) is 0 Å². The number of methoxy groups -OCH3 is 1. The van der Waals surface area contributed by atoms with E-state index in [1.807, 2.05) is 30.3 Å². The Morgan fingerprint density at radius 2 is 1.69 bits per heavy atom. The summed E-state index contributed by atoms with van der Waals surface area (Å²) in [5.74, 6) is 1.20. The van der Waals surface area contributed by atoms with Gasteiger partial charge in [-0.15, -0.1) is 0 Å². The van der Waals surface area contributed by atoms with Gasteiger partial charge in [0.1, 0.15) is 18.2 Å². The van der Waals surface area contributed by atoms with Gasteiger partial charge < -0.3 is 19.3 Å². The molecular formula is C29H35N5O5. The molecule has 0 unspecified atom stereocenters. The number of nitrogens with zero attached hydrogens (tertiary/aromatic N) is 5. The molecule has 0 N–H and O–H groups in total. The van der Waals surface area contributed by atoms with Gasteiger partial charge in [0.15, 0.2) is 0 Å². The zero-order valence-electron chi connectivity index (χ0n) is 22.8. The van der Waals surface area contributed by atoms with E-state index >= 15 is 0 Å². The molecule has 3 aromatic rings. The summed E-state index contributed by atoms with van der Waals surface area (Å²) in [6.07, 6.45) is 1.14. The minimum atomic E-state index is -0.309. The predicted molar refractivity (Wildman–Crippen MR) is 150 cm³/mol. The number of hydrogen-bond acceptors (Lipinski definition) is 8. The Balaban J connectivity index is 1.27. The Morgan fingerprint density at radius 1 is 0.923 bits per heavy atom. The van der Waals surface area contributed by atoms with Crippen molar-refractivity contribution in [3.05, 3.63) is 80.5 Å². The number of carbonyl (C=O) groups is 1. The van der Waals surface area contributed by atoms with Crippen LogP contribution < -0.4 is 25.8 Å². The van der Waals surface area contributed by atoms with E-state index in [2.05, 4.69) is 26.8 Å². The predicted octanol–water partition coefficient (Wildman–Crippen LogP) is 2.04. The molecule has 0 bridgehead atoms. The van der Waals surface area contributed by atoms with Crippen LogP contribution in [0.5, 0.6) is 5.75 Å². The number of hydrogen-bond donors (Lipinski definition) is 0. The van der Waals surface area contributed by atoms with Crippen LogP contribution in [0.4, 0.5) is 17.2 Å². The third-order valence-electron chi connectivity index (χ3n) is 7.61. The molecule has 0 atom stereocenters. The highest BCUT2D eigenvalue weighted by atomic mass is 16.5. The van der Waals surface area contributed by atoms with Gasteiger partial charge in [-0.2, -0.15) is 0 Å². The van der Waals surface area contributed by atoms with Crippen LogP contribution in [0.2, 0.25) is 0 Å². The summed E-state index contributed by atoms with van der Waals surface area (Å²) in [5.41, 5.74) is 3.48. The second-order valence-corrected chi connectivity index (χ2v) is 10.0. The maximum absolute atomic E-state index is 12.3. The zero-order valence-corrected chi connectivity index (χ0v) is 22.8. The Bertz CT molecular complexity index is 1470. The van der Waals surface area contributed by atoms with Gasteiger partial charge in [0.2, 0.25) is 0 Å². The lowest BCUT2D eigenvalue weighted by Crippen LogP contribution is -2.49. The Kier molecular flexibility index (Phi) is 7.74. The molecule has 1 fully saturated rings. The number of ether oxygens (including phenoxy) is 2. The maximum atomic E-state index is 12.3. The average Bonchev–Trinajstić information content (AvgIpc) is 3.11. The van der Waals surface area contributed by atoms with Gasteiger partial charge in [0, 0.05) is 64.1 Å². The number of anilines is 3. The lowest BCUT2D eigenvalue weighted by Gasteiger charge is -2.37. The third kappa shape index (κ3) is 5.56. The zero-order chi connectivity index (χ0) is 27.5. The number of carbonyl (C=O) groups excluding carboxylic acids is 1. The number of rotatable bonds is 7. The normalized spacial score (nSPS) is 15.3. The maximum Gasteiger partial charge on any atom is 0.332 e. The van der Waals surface area contributed by atoms with Crippen molar-refractivity contribution in [2.75, 3.05) is 56.2 Å². The van der Waals surface area contributed by atoms with E-state index < -0.39 is 0 Å². The summed E-state index contributed by atoms with van der Waals surface area (Å²) in [6, 6.07) is 15.7. The first-order valence-corrected chi connectivity index (χ1v) is 13.3. The largest absolute Gasteiger partial charge is 0.487 e. The van der Waals surface area contributed by atoms with E-state index in [0.717, 1.165) is 78.5 Å². The van der Waals surface area contributed by atoms with E-state index in [1.165, 1.54) is 14.2 Å². The molecule has 0 amide bonds. The molecule has 5 rings (SSSR count). The fourth-order valence-electron chi connectivity index (χ4n) is 5.34. The van der Waals surface area contributed by atoms with Gasteiger partial charge in [-0.3, -0.25) is 23.6 Å². The molecule has 39 heavy (non-hydrogen) atoms. The van der Waals surface area contributed by atoms with Crippen molar-refractivity contribution in [2.45, 2.75) is 19.4 Å². The molecule has 0 aliphatic carbocycles. The highest BCUT2D eigenvalue weighted by Gasteiger charge is 2.24. The van der Waals surface area contributed by atoms with Crippen molar-refractivity contribution >= 4 is 23.2 Å². The molecular weight excluding hydrogens is 498 g/mol. The Morgan fingerprint density at radius 3 is 2.46 bits per heavy atom. The molecule has 10 nitrogen and oxygen atoms in total.